The summed E-state index contributed by atoms with van der Waals surface area (Å²) in [4.78, 5) is 25.6. The first-order valence-electron chi connectivity index (χ1n) is 9.32. The number of unbranched alkanes of at least 4 members (excludes halogenated alkanes) is 1. The summed E-state index contributed by atoms with van der Waals surface area (Å²) in [5.41, 5.74) is 4.74. The van der Waals surface area contributed by atoms with Gasteiger partial charge in [0, 0.05) is 17.7 Å². The van der Waals surface area contributed by atoms with Crippen molar-refractivity contribution in [2.75, 3.05) is 6.54 Å². The summed E-state index contributed by atoms with van der Waals surface area (Å²) in [6.45, 7) is 8.77. The molecule has 0 atom stereocenters. The molecular weight excluding hydrogens is 395 g/mol. The van der Waals surface area contributed by atoms with Crippen LogP contribution in [0.3, 0.4) is 0 Å². The molecule has 0 aromatic heterocycles. The zero-order valence-corrected chi connectivity index (χ0v) is 18.2. The fourth-order valence-electron chi connectivity index (χ4n) is 2.62. The Morgan fingerprint density at radius 1 is 0.964 bits per heavy atom. The third-order valence-electron chi connectivity index (χ3n) is 4.40. The number of halogens is 2. The lowest BCUT2D eigenvalue weighted by molar-refractivity contribution is 0.0580. The number of nitrogens with zero attached hydrogens (tertiary/aromatic N) is 1. The third kappa shape index (κ3) is 5.73. The van der Waals surface area contributed by atoms with Crippen LogP contribution in [0, 0.1) is 0 Å². The van der Waals surface area contributed by atoms with Gasteiger partial charge in [0.25, 0.3) is 11.8 Å². The lowest BCUT2D eigenvalue weighted by atomic mass is 9.87. The number of carbonyl (C=O) groups excluding carboxylic acids is 2. The molecule has 0 saturated carbocycles. The molecule has 0 bridgehead atoms. The predicted molar refractivity (Wildman–Crippen MR) is 115 cm³/mol. The molecule has 1 N–H and O–H groups in total. The van der Waals surface area contributed by atoms with E-state index in [9.17, 15) is 9.59 Å². The van der Waals surface area contributed by atoms with Gasteiger partial charge in [0.05, 0.1) is 10.0 Å². The fraction of sp³-hybridized carbons (Fsp3) is 0.364. The summed E-state index contributed by atoms with van der Waals surface area (Å²) in [6.07, 6.45) is 1.65. The fourth-order valence-corrected chi connectivity index (χ4v) is 2.92. The number of rotatable bonds is 5. The van der Waals surface area contributed by atoms with Crippen molar-refractivity contribution in [2.24, 2.45) is 0 Å². The first-order valence-corrected chi connectivity index (χ1v) is 10.1. The van der Waals surface area contributed by atoms with E-state index in [0.717, 1.165) is 18.4 Å². The van der Waals surface area contributed by atoms with Gasteiger partial charge in [-0.1, -0.05) is 69.5 Å². The van der Waals surface area contributed by atoms with E-state index in [1.54, 1.807) is 24.3 Å². The van der Waals surface area contributed by atoms with Crippen LogP contribution in [-0.2, 0) is 5.41 Å². The van der Waals surface area contributed by atoms with E-state index in [-0.39, 0.29) is 17.2 Å². The molecule has 0 aliphatic rings. The summed E-state index contributed by atoms with van der Waals surface area (Å²) in [7, 11) is 0. The van der Waals surface area contributed by atoms with Crippen molar-refractivity contribution in [3.8, 4) is 0 Å². The average Bonchev–Trinajstić information content (AvgIpc) is 2.66. The SMILES string of the molecule is CCCCN(NC(=O)c1ccc(C(C)(C)C)cc1)C(=O)c1ccc(Cl)c(Cl)c1. The van der Waals surface area contributed by atoms with Gasteiger partial charge in [0.1, 0.15) is 0 Å². The van der Waals surface area contributed by atoms with E-state index >= 15 is 0 Å². The van der Waals surface area contributed by atoms with Gasteiger partial charge in [-0.2, -0.15) is 0 Å². The number of benzene rings is 2. The maximum Gasteiger partial charge on any atom is 0.272 e. The molecule has 4 nitrogen and oxygen atoms in total. The normalized spacial score (nSPS) is 11.2. The molecule has 0 saturated heterocycles. The van der Waals surface area contributed by atoms with Gasteiger partial charge in [-0.3, -0.25) is 15.0 Å². The molecule has 0 unspecified atom stereocenters. The molecule has 28 heavy (non-hydrogen) atoms. The van der Waals surface area contributed by atoms with Crippen molar-refractivity contribution in [1.29, 1.82) is 0 Å². The zero-order valence-electron chi connectivity index (χ0n) is 16.7. The van der Waals surface area contributed by atoms with Gasteiger partial charge in [0.2, 0.25) is 0 Å². The molecule has 150 valence electrons. The molecule has 2 aromatic carbocycles. The molecule has 0 radical (unpaired) electrons. The summed E-state index contributed by atoms with van der Waals surface area (Å²) >= 11 is 12.0. The van der Waals surface area contributed by atoms with Crippen LogP contribution in [0.15, 0.2) is 42.5 Å². The van der Waals surface area contributed by atoms with Gasteiger partial charge >= 0.3 is 0 Å². The summed E-state index contributed by atoms with van der Waals surface area (Å²) < 4.78 is 0. The van der Waals surface area contributed by atoms with Gasteiger partial charge in [-0.05, 0) is 47.7 Å². The number of hydrogen-bond acceptors (Lipinski definition) is 2. The lowest BCUT2D eigenvalue weighted by Crippen LogP contribution is -2.46. The smallest absolute Gasteiger partial charge is 0.267 e. The summed E-state index contributed by atoms with van der Waals surface area (Å²) in [6, 6.07) is 12.1. The van der Waals surface area contributed by atoms with E-state index < -0.39 is 0 Å². The average molecular weight is 421 g/mol. The van der Waals surface area contributed by atoms with Crippen molar-refractivity contribution in [3.63, 3.8) is 0 Å². The Hall–Kier alpha value is -2.04. The van der Waals surface area contributed by atoms with E-state index in [1.165, 1.54) is 11.1 Å². The first-order chi connectivity index (χ1) is 13.1. The zero-order chi connectivity index (χ0) is 20.9. The number of hydrogen-bond donors (Lipinski definition) is 1. The molecule has 2 aromatic rings. The Morgan fingerprint density at radius 3 is 2.11 bits per heavy atom. The van der Waals surface area contributed by atoms with Crippen LogP contribution in [0.5, 0.6) is 0 Å². The second-order valence-electron chi connectivity index (χ2n) is 7.71. The standard InChI is InChI=1S/C22H26Cl2N2O2/c1-5-6-13-26(21(28)16-9-12-18(23)19(24)14-16)25-20(27)15-7-10-17(11-8-15)22(2,3)4/h7-12,14H,5-6,13H2,1-4H3,(H,25,27). The largest absolute Gasteiger partial charge is 0.272 e. The van der Waals surface area contributed by atoms with E-state index in [4.69, 9.17) is 23.2 Å². The summed E-state index contributed by atoms with van der Waals surface area (Å²) in [5.74, 6) is -0.656. The number of carbonyl (C=O) groups is 2. The Morgan fingerprint density at radius 2 is 1.57 bits per heavy atom. The molecule has 6 heteroatoms. The maximum absolute atomic E-state index is 12.9. The summed E-state index contributed by atoms with van der Waals surface area (Å²) in [5, 5.41) is 2.01. The number of hydrazine groups is 1. The Balaban J connectivity index is 2.19. The van der Waals surface area contributed by atoms with Crippen LogP contribution in [0.4, 0.5) is 0 Å². The van der Waals surface area contributed by atoms with E-state index in [0.29, 0.717) is 27.7 Å². The Labute approximate surface area is 176 Å². The van der Waals surface area contributed by atoms with Gasteiger partial charge in [0.15, 0.2) is 0 Å². The molecule has 0 heterocycles. The van der Waals surface area contributed by atoms with Crippen molar-refractivity contribution in [3.05, 3.63) is 69.2 Å². The topological polar surface area (TPSA) is 49.4 Å². The van der Waals surface area contributed by atoms with Crippen LogP contribution in [0.25, 0.3) is 0 Å². The quantitative estimate of drug-likeness (QED) is 0.613. The first kappa shape index (κ1) is 22.3. The highest BCUT2D eigenvalue weighted by Crippen LogP contribution is 2.24. The molecule has 2 amide bonds. The highest BCUT2D eigenvalue weighted by Gasteiger charge is 2.20. The van der Waals surface area contributed by atoms with Crippen molar-refractivity contribution in [1.82, 2.24) is 10.4 Å². The van der Waals surface area contributed by atoms with Gasteiger partial charge in [-0.25, -0.2) is 5.01 Å². The minimum Gasteiger partial charge on any atom is -0.267 e. The molecule has 0 aliphatic carbocycles. The second kappa shape index (κ2) is 9.44. The number of nitrogens with one attached hydrogen (secondary N) is 1. The van der Waals surface area contributed by atoms with Gasteiger partial charge in [-0.15, -0.1) is 0 Å². The molecule has 0 spiro atoms. The molecule has 0 fully saturated rings. The minimum atomic E-state index is -0.329. The Kier molecular flexibility index (Phi) is 7.50. The van der Waals surface area contributed by atoms with Crippen LogP contribution in [0.2, 0.25) is 10.0 Å². The van der Waals surface area contributed by atoms with Crippen molar-refractivity contribution < 1.29 is 9.59 Å². The van der Waals surface area contributed by atoms with Crippen molar-refractivity contribution in [2.45, 2.75) is 46.0 Å². The van der Waals surface area contributed by atoms with Crippen LogP contribution < -0.4 is 5.43 Å². The van der Waals surface area contributed by atoms with Crippen LogP contribution in [0.1, 0.15) is 66.8 Å². The molecular formula is C22H26Cl2N2O2. The number of amides is 2. The van der Waals surface area contributed by atoms with Crippen molar-refractivity contribution >= 4 is 35.0 Å². The minimum absolute atomic E-state index is 0.00594. The lowest BCUT2D eigenvalue weighted by Gasteiger charge is -2.24. The van der Waals surface area contributed by atoms with Crippen LogP contribution in [-0.4, -0.2) is 23.4 Å². The van der Waals surface area contributed by atoms with E-state index in [1.807, 2.05) is 19.1 Å². The highest BCUT2D eigenvalue weighted by atomic mass is 35.5. The van der Waals surface area contributed by atoms with Crippen LogP contribution >= 0.6 is 23.2 Å². The van der Waals surface area contributed by atoms with E-state index in [2.05, 4.69) is 26.2 Å². The monoisotopic (exact) mass is 420 g/mol. The second-order valence-corrected chi connectivity index (χ2v) is 8.52. The molecule has 0 aliphatic heterocycles. The maximum atomic E-state index is 12.9. The van der Waals surface area contributed by atoms with Gasteiger partial charge < -0.3 is 0 Å². The molecule has 2 rings (SSSR count). The Bertz CT molecular complexity index is 843. The predicted octanol–water partition coefficient (Wildman–Crippen LogP) is 5.88. The highest BCUT2D eigenvalue weighted by molar-refractivity contribution is 6.42. The third-order valence-corrected chi connectivity index (χ3v) is 5.14.